The molecule has 1 amide bonds. The van der Waals surface area contributed by atoms with E-state index >= 15 is 0 Å². The van der Waals surface area contributed by atoms with Gasteiger partial charge in [0.05, 0.1) is 24.0 Å². The summed E-state index contributed by atoms with van der Waals surface area (Å²) in [6.07, 6.45) is 1.42. The standard InChI is InChI=1S/C15H14N2O4S/c1-4-20-15(19)12-8(2)11(7-16)14(22-12)17-13(18)10-5-6-21-9(10)3/h5-6H,4H2,1-3H3,(H,17,18). The lowest BCUT2D eigenvalue weighted by atomic mass is 10.1. The van der Waals surface area contributed by atoms with E-state index in [1.165, 1.54) is 6.26 Å². The van der Waals surface area contributed by atoms with E-state index in [9.17, 15) is 14.9 Å². The largest absolute Gasteiger partial charge is 0.469 e. The summed E-state index contributed by atoms with van der Waals surface area (Å²) in [7, 11) is 0. The zero-order valence-electron chi connectivity index (χ0n) is 12.4. The van der Waals surface area contributed by atoms with Crippen molar-refractivity contribution in [3.8, 4) is 6.07 Å². The number of anilines is 1. The Morgan fingerprint density at radius 1 is 1.45 bits per heavy atom. The van der Waals surface area contributed by atoms with Crippen LogP contribution in [0, 0.1) is 25.2 Å². The minimum absolute atomic E-state index is 0.244. The highest BCUT2D eigenvalue weighted by Gasteiger charge is 2.23. The van der Waals surface area contributed by atoms with Crippen LogP contribution in [0.2, 0.25) is 0 Å². The van der Waals surface area contributed by atoms with E-state index in [2.05, 4.69) is 5.32 Å². The predicted molar refractivity (Wildman–Crippen MR) is 81.1 cm³/mol. The third kappa shape index (κ3) is 2.87. The molecular weight excluding hydrogens is 304 g/mol. The van der Waals surface area contributed by atoms with Crippen LogP contribution in [-0.2, 0) is 4.74 Å². The maximum Gasteiger partial charge on any atom is 0.348 e. The van der Waals surface area contributed by atoms with Crippen molar-refractivity contribution in [2.75, 3.05) is 11.9 Å². The molecule has 0 aliphatic rings. The average molecular weight is 318 g/mol. The number of carbonyl (C=O) groups excluding carboxylic acids is 2. The van der Waals surface area contributed by atoms with E-state index in [1.807, 2.05) is 6.07 Å². The number of esters is 1. The van der Waals surface area contributed by atoms with Crippen LogP contribution in [0.1, 0.15) is 43.8 Å². The van der Waals surface area contributed by atoms with E-state index in [0.29, 0.717) is 26.8 Å². The molecule has 0 saturated heterocycles. The van der Waals surface area contributed by atoms with Gasteiger partial charge >= 0.3 is 5.97 Å². The van der Waals surface area contributed by atoms with Crippen molar-refractivity contribution in [2.45, 2.75) is 20.8 Å². The highest BCUT2D eigenvalue weighted by molar-refractivity contribution is 7.18. The highest BCUT2D eigenvalue weighted by Crippen LogP contribution is 2.33. The summed E-state index contributed by atoms with van der Waals surface area (Å²) in [5.41, 5.74) is 1.15. The Labute approximate surface area is 131 Å². The van der Waals surface area contributed by atoms with Gasteiger partial charge in [-0.05, 0) is 32.4 Å². The lowest BCUT2D eigenvalue weighted by Gasteiger charge is -2.01. The quantitative estimate of drug-likeness (QED) is 0.873. The summed E-state index contributed by atoms with van der Waals surface area (Å²) in [6.45, 7) is 5.27. The molecule has 7 heteroatoms. The summed E-state index contributed by atoms with van der Waals surface area (Å²) in [4.78, 5) is 24.4. The van der Waals surface area contributed by atoms with E-state index in [4.69, 9.17) is 9.15 Å². The molecule has 1 N–H and O–H groups in total. The van der Waals surface area contributed by atoms with Gasteiger partial charge in [-0.15, -0.1) is 11.3 Å². The summed E-state index contributed by atoms with van der Waals surface area (Å²) in [5, 5.41) is 12.2. The predicted octanol–water partition coefficient (Wildman–Crippen LogP) is 3.26. The number of hydrogen-bond acceptors (Lipinski definition) is 6. The first-order valence-corrected chi connectivity index (χ1v) is 7.37. The van der Waals surface area contributed by atoms with E-state index in [0.717, 1.165) is 11.3 Å². The second-order valence-electron chi connectivity index (χ2n) is 4.44. The van der Waals surface area contributed by atoms with Crippen LogP contribution in [0.3, 0.4) is 0 Å². The number of nitriles is 1. The van der Waals surface area contributed by atoms with Gasteiger partial charge in [0.25, 0.3) is 5.91 Å². The molecule has 114 valence electrons. The van der Waals surface area contributed by atoms with Gasteiger partial charge in [-0.2, -0.15) is 5.26 Å². The first-order chi connectivity index (χ1) is 10.5. The Morgan fingerprint density at radius 3 is 2.73 bits per heavy atom. The molecule has 0 aliphatic heterocycles. The smallest absolute Gasteiger partial charge is 0.348 e. The first kappa shape index (κ1) is 15.8. The Morgan fingerprint density at radius 2 is 2.18 bits per heavy atom. The third-order valence-electron chi connectivity index (χ3n) is 3.05. The number of furan rings is 1. The van der Waals surface area contributed by atoms with Crippen LogP contribution in [-0.4, -0.2) is 18.5 Å². The summed E-state index contributed by atoms with van der Waals surface area (Å²) >= 11 is 1.03. The lowest BCUT2D eigenvalue weighted by molar-refractivity contribution is 0.0531. The fraction of sp³-hybridized carbons (Fsp3) is 0.267. The van der Waals surface area contributed by atoms with Crippen molar-refractivity contribution in [2.24, 2.45) is 0 Å². The molecule has 2 rings (SSSR count). The van der Waals surface area contributed by atoms with Crippen LogP contribution in [0.25, 0.3) is 0 Å². The zero-order chi connectivity index (χ0) is 16.3. The van der Waals surface area contributed by atoms with Gasteiger partial charge < -0.3 is 14.5 Å². The van der Waals surface area contributed by atoms with Gasteiger partial charge in [-0.1, -0.05) is 0 Å². The maximum absolute atomic E-state index is 12.2. The summed E-state index contributed by atoms with van der Waals surface area (Å²) in [6, 6.07) is 3.56. The molecule has 22 heavy (non-hydrogen) atoms. The van der Waals surface area contributed by atoms with Crippen LogP contribution in [0.5, 0.6) is 0 Å². The third-order valence-corrected chi connectivity index (χ3v) is 4.24. The highest BCUT2D eigenvalue weighted by atomic mass is 32.1. The Kier molecular flexibility index (Phi) is 4.63. The van der Waals surface area contributed by atoms with Gasteiger partial charge in [-0.25, -0.2) is 4.79 Å². The molecule has 2 aromatic heterocycles. The molecule has 6 nitrogen and oxygen atoms in total. The summed E-state index contributed by atoms with van der Waals surface area (Å²) < 4.78 is 10.0. The van der Waals surface area contributed by atoms with Crippen LogP contribution in [0.4, 0.5) is 5.00 Å². The number of carbonyl (C=O) groups is 2. The molecule has 0 aromatic carbocycles. The van der Waals surface area contributed by atoms with E-state index in [-0.39, 0.29) is 18.1 Å². The van der Waals surface area contributed by atoms with E-state index in [1.54, 1.807) is 26.8 Å². The topological polar surface area (TPSA) is 92.3 Å². The van der Waals surface area contributed by atoms with Crippen molar-refractivity contribution in [3.05, 3.63) is 39.7 Å². The molecule has 2 heterocycles. The average Bonchev–Trinajstić information content (AvgIpc) is 3.03. The van der Waals surface area contributed by atoms with Gasteiger partial charge in [-0.3, -0.25) is 4.79 Å². The van der Waals surface area contributed by atoms with Crippen molar-refractivity contribution < 1.29 is 18.7 Å². The minimum atomic E-state index is -0.499. The number of ether oxygens (including phenoxy) is 1. The van der Waals surface area contributed by atoms with Crippen molar-refractivity contribution in [1.29, 1.82) is 5.26 Å². The van der Waals surface area contributed by atoms with Crippen molar-refractivity contribution in [3.63, 3.8) is 0 Å². The van der Waals surface area contributed by atoms with Gasteiger partial charge in [0.1, 0.15) is 21.7 Å². The number of thiophene rings is 1. The lowest BCUT2D eigenvalue weighted by Crippen LogP contribution is -2.11. The van der Waals surface area contributed by atoms with Crippen molar-refractivity contribution >= 4 is 28.2 Å². The van der Waals surface area contributed by atoms with E-state index < -0.39 is 5.97 Å². The number of nitrogens with zero attached hydrogens (tertiary/aromatic N) is 1. The maximum atomic E-state index is 12.2. The molecule has 0 atom stereocenters. The number of nitrogens with one attached hydrogen (secondary N) is 1. The molecule has 2 aromatic rings. The van der Waals surface area contributed by atoms with Gasteiger partial charge in [0.15, 0.2) is 0 Å². The minimum Gasteiger partial charge on any atom is -0.469 e. The Bertz CT molecular complexity index is 767. The fourth-order valence-corrected chi connectivity index (χ4v) is 2.96. The number of amides is 1. The second kappa shape index (κ2) is 6.45. The molecule has 0 aliphatic carbocycles. The Hall–Kier alpha value is -2.59. The SMILES string of the molecule is CCOC(=O)c1sc(NC(=O)c2ccoc2C)c(C#N)c1C. The van der Waals surface area contributed by atoms with Gasteiger partial charge in [0.2, 0.25) is 0 Å². The number of hydrogen-bond donors (Lipinski definition) is 1. The Balaban J connectivity index is 2.34. The number of aryl methyl sites for hydroxylation is 1. The molecule has 0 radical (unpaired) electrons. The molecule has 0 saturated carbocycles. The fourth-order valence-electron chi connectivity index (χ4n) is 1.92. The molecule has 0 unspecified atom stereocenters. The molecule has 0 fully saturated rings. The second-order valence-corrected chi connectivity index (χ2v) is 5.46. The molecule has 0 spiro atoms. The zero-order valence-corrected chi connectivity index (χ0v) is 13.2. The molecular formula is C15H14N2O4S. The van der Waals surface area contributed by atoms with Crippen LogP contribution < -0.4 is 5.32 Å². The number of rotatable bonds is 4. The van der Waals surface area contributed by atoms with Crippen LogP contribution >= 0.6 is 11.3 Å². The first-order valence-electron chi connectivity index (χ1n) is 6.55. The van der Waals surface area contributed by atoms with Crippen LogP contribution in [0.15, 0.2) is 16.7 Å². The summed E-state index contributed by atoms with van der Waals surface area (Å²) in [5.74, 6) is -0.407. The normalized spacial score (nSPS) is 10.1. The monoisotopic (exact) mass is 318 g/mol. The van der Waals surface area contributed by atoms with Crippen molar-refractivity contribution in [1.82, 2.24) is 0 Å². The van der Waals surface area contributed by atoms with Gasteiger partial charge in [0, 0.05) is 0 Å². The molecule has 0 bridgehead atoms.